The van der Waals surface area contributed by atoms with Crippen LogP contribution in [0.2, 0.25) is 0 Å². The van der Waals surface area contributed by atoms with Crippen molar-refractivity contribution < 1.29 is 9.84 Å². The Bertz CT molecular complexity index is 247. The molecule has 2 heteroatoms. The van der Waals surface area contributed by atoms with E-state index in [1.54, 1.807) is 0 Å². The van der Waals surface area contributed by atoms with Gasteiger partial charge in [-0.3, -0.25) is 0 Å². The quantitative estimate of drug-likeness (QED) is 0.743. The average molecular weight is 194 g/mol. The van der Waals surface area contributed by atoms with Crippen LogP contribution in [0.3, 0.4) is 0 Å². The Morgan fingerprint density at radius 3 is 3.00 bits per heavy atom. The molecular formula is C12H18O2. The van der Waals surface area contributed by atoms with E-state index < -0.39 is 0 Å². The Labute approximate surface area is 85.3 Å². The molecular weight excluding hydrogens is 176 g/mol. The predicted octanol–water partition coefficient (Wildman–Crippen LogP) is 2.19. The molecule has 0 aromatic heterocycles. The molecule has 2 aliphatic rings. The summed E-state index contributed by atoms with van der Waals surface area (Å²) >= 11 is 0. The van der Waals surface area contributed by atoms with Gasteiger partial charge in [-0.1, -0.05) is 18.2 Å². The minimum absolute atomic E-state index is 0.0598. The van der Waals surface area contributed by atoms with E-state index in [0.717, 1.165) is 38.7 Å². The maximum atomic E-state index is 8.89. The lowest BCUT2D eigenvalue weighted by Crippen LogP contribution is -2.29. The molecule has 0 spiro atoms. The molecule has 0 aromatic rings. The number of hydrogen-bond acceptors (Lipinski definition) is 2. The minimum atomic E-state index is -0.0598. The van der Waals surface area contributed by atoms with Crippen molar-refractivity contribution in [3.05, 3.63) is 23.8 Å². The van der Waals surface area contributed by atoms with Crippen LogP contribution in [-0.4, -0.2) is 23.9 Å². The third-order valence-corrected chi connectivity index (χ3v) is 3.14. The molecule has 1 unspecified atom stereocenters. The first-order valence-corrected chi connectivity index (χ1v) is 5.49. The molecule has 1 heterocycles. The van der Waals surface area contributed by atoms with Gasteiger partial charge < -0.3 is 9.84 Å². The molecule has 1 fully saturated rings. The topological polar surface area (TPSA) is 29.5 Å². The summed E-state index contributed by atoms with van der Waals surface area (Å²) in [6.07, 6.45) is 11.7. The molecule has 1 aliphatic heterocycles. The van der Waals surface area contributed by atoms with E-state index in [1.165, 1.54) is 5.57 Å². The van der Waals surface area contributed by atoms with E-state index in [2.05, 4.69) is 18.2 Å². The maximum Gasteiger partial charge on any atom is 0.0929 e. The second kappa shape index (κ2) is 4.28. The molecule has 0 radical (unpaired) electrons. The third-order valence-electron chi connectivity index (χ3n) is 3.14. The van der Waals surface area contributed by atoms with Crippen molar-refractivity contribution in [2.75, 3.05) is 13.2 Å². The standard InChI is InChI=1S/C12H18O2/c13-9-3-7-12(8-4-10-14-12)11-5-1-2-6-11/h1,5-6,13H,2-4,7-10H2. The zero-order valence-corrected chi connectivity index (χ0v) is 8.54. The zero-order chi connectivity index (χ0) is 9.86. The van der Waals surface area contributed by atoms with E-state index in [1.807, 2.05) is 0 Å². The van der Waals surface area contributed by atoms with E-state index in [0.29, 0.717) is 0 Å². The molecule has 0 amide bonds. The second-order valence-corrected chi connectivity index (χ2v) is 4.07. The Morgan fingerprint density at radius 1 is 1.50 bits per heavy atom. The van der Waals surface area contributed by atoms with Gasteiger partial charge in [0.15, 0.2) is 0 Å². The van der Waals surface area contributed by atoms with Crippen molar-refractivity contribution in [2.24, 2.45) is 0 Å². The fourth-order valence-electron chi connectivity index (χ4n) is 2.43. The summed E-state index contributed by atoms with van der Waals surface area (Å²) in [6.45, 7) is 1.14. The Morgan fingerprint density at radius 2 is 2.43 bits per heavy atom. The predicted molar refractivity (Wildman–Crippen MR) is 56.1 cm³/mol. The van der Waals surface area contributed by atoms with E-state index in [9.17, 15) is 0 Å². The molecule has 0 bridgehead atoms. The Kier molecular flexibility index (Phi) is 3.04. The molecule has 2 nitrogen and oxygen atoms in total. The fraction of sp³-hybridized carbons (Fsp3) is 0.667. The van der Waals surface area contributed by atoms with E-state index >= 15 is 0 Å². The van der Waals surface area contributed by atoms with E-state index in [4.69, 9.17) is 9.84 Å². The first-order chi connectivity index (χ1) is 6.87. The van der Waals surface area contributed by atoms with Crippen LogP contribution in [0.5, 0.6) is 0 Å². The first-order valence-electron chi connectivity index (χ1n) is 5.49. The number of hydrogen-bond donors (Lipinski definition) is 1. The van der Waals surface area contributed by atoms with Crippen molar-refractivity contribution in [3.63, 3.8) is 0 Å². The zero-order valence-electron chi connectivity index (χ0n) is 8.54. The average Bonchev–Trinajstić information content (AvgIpc) is 2.86. The summed E-state index contributed by atoms with van der Waals surface area (Å²) in [5.74, 6) is 0. The Hall–Kier alpha value is -0.600. The summed E-state index contributed by atoms with van der Waals surface area (Å²) in [6, 6.07) is 0. The van der Waals surface area contributed by atoms with Gasteiger partial charge >= 0.3 is 0 Å². The normalized spacial score (nSPS) is 31.1. The second-order valence-electron chi connectivity index (χ2n) is 4.07. The largest absolute Gasteiger partial charge is 0.396 e. The number of ether oxygens (including phenoxy) is 1. The van der Waals surface area contributed by atoms with Crippen LogP contribution in [0.25, 0.3) is 0 Å². The Balaban J connectivity index is 2.09. The van der Waals surface area contributed by atoms with Gasteiger partial charge in [0, 0.05) is 13.2 Å². The third kappa shape index (κ3) is 1.77. The number of aliphatic hydroxyl groups excluding tert-OH is 1. The lowest BCUT2D eigenvalue weighted by Gasteiger charge is -2.29. The van der Waals surface area contributed by atoms with Crippen molar-refractivity contribution in [2.45, 2.75) is 37.7 Å². The molecule has 2 rings (SSSR count). The molecule has 1 saturated heterocycles. The van der Waals surface area contributed by atoms with Crippen LogP contribution >= 0.6 is 0 Å². The fourth-order valence-corrected chi connectivity index (χ4v) is 2.43. The summed E-state index contributed by atoms with van der Waals surface area (Å²) < 4.78 is 5.90. The van der Waals surface area contributed by atoms with Crippen molar-refractivity contribution in [1.82, 2.24) is 0 Å². The summed E-state index contributed by atoms with van der Waals surface area (Å²) in [4.78, 5) is 0. The number of allylic oxidation sites excluding steroid dienone is 2. The number of rotatable bonds is 4. The highest BCUT2D eigenvalue weighted by molar-refractivity contribution is 5.35. The molecule has 1 N–H and O–H groups in total. The lowest BCUT2D eigenvalue weighted by atomic mass is 9.87. The van der Waals surface area contributed by atoms with Crippen LogP contribution in [0.1, 0.15) is 32.1 Å². The smallest absolute Gasteiger partial charge is 0.0929 e. The van der Waals surface area contributed by atoms with Crippen LogP contribution in [0.4, 0.5) is 0 Å². The van der Waals surface area contributed by atoms with Crippen molar-refractivity contribution >= 4 is 0 Å². The van der Waals surface area contributed by atoms with Crippen LogP contribution in [0.15, 0.2) is 23.8 Å². The monoisotopic (exact) mass is 194 g/mol. The van der Waals surface area contributed by atoms with Gasteiger partial charge in [0.05, 0.1) is 5.60 Å². The lowest BCUT2D eigenvalue weighted by molar-refractivity contribution is 0.0260. The highest BCUT2D eigenvalue weighted by Crippen LogP contribution is 2.39. The molecule has 0 aromatic carbocycles. The van der Waals surface area contributed by atoms with Gasteiger partial charge in [-0.05, 0) is 37.7 Å². The molecule has 14 heavy (non-hydrogen) atoms. The van der Waals surface area contributed by atoms with Crippen molar-refractivity contribution in [3.8, 4) is 0 Å². The highest BCUT2D eigenvalue weighted by atomic mass is 16.5. The maximum absolute atomic E-state index is 8.89. The summed E-state index contributed by atoms with van der Waals surface area (Å²) in [5, 5.41) is 8.89. The van der Waals surface area contributed by atoms with Crippen LogP contribution in [0, 0.1) is 0 Å². The summed E-state index contributed by atoms with van der Waals surface area (Å²) in [5.41, 5.74) is 1.28. The molecule has 1 aliphatic carbocycles. The van der Waals surface area contributed by atoms with Crippen LogP contribution < -0.4 is 0 Å². The van der Waals surface area contributed by atoms with Gasteiger partial charge in [-0.25, -0.2) is 0 Å². The summed E-state index contributed by atoms with van der Waals surface area (Å²) in [7, 11) is 0. The first kappa shape index (κ1) is 9.94. The minimum Gasteiger partial charge on any atom is -0.396 e. The molecule has 78 valence electrons. The van der Waals surface area contributed by atoms with Gasteiger partial charge in [0.2, 0.25) is 0 Å². The van der Waals surface area contributed by atoms with Crippen LogP contribution in [-0.2, 0) is 4.74 Å². The van der Waals surface area contributed by atoms with Gasteiger partial charge in [0.25, 0.3) is 0 Å². The molecule has 0 saturated carbocycles. The highest BCUT2D eigenvalue weighted by Gasteiger charge is 2.37. The van der Waals surface area contributed by atoms with Crippen molar-refractivity contribution in [1.29, 1.82) is 0 Å². The van der Waals surface area contributed by atoms with Gasteiger partial charge in [-0.2, -0.15) is 0 Å². The number of aliphatic hydroxyl groups is 1. The van der Waals surface area contributed by atoms with Gasteiger partial charge in [-0.15, -0.1) is 0 Å². The van der Waals surface area contributed by atoms with Gasteiger partial charge in [0.1, 0.15) is 0 Å². The van der Waals surface area contributed by atoms with E-state index in [-0.39, 0.29) is 12.2 Å². The SMILES string of the molecule is OCCCC1(C2=CCC=C2)CCCO1. The molecule has 1 atom stereocenters.